The average Bonchev–Trinajstić information content (AvgIpc) is 2.89. The Kier molecular flexibility index (Phi) is 16.6. The number of amides is 1. The molecule has 0 heterocycles. The van der Waals surface area contributed by atoms with E-state index in [1.807, 2.05) is 13.8 Å². The number of carboxylic acids is 1. The number of aromatic carboxylic acids is 1. The third-order valence-corrected chi connectivity index (χ3v) is 7.62. The van der Waals surface area contributed by atoms with Crippen LogP contribution in [0.15, 0.2) is 79.0 Å². The lowest BCUT2D eigenvalue weighted by molar-refractivity contribution is -0.118. The Morgan fingerprint density at radius 1 is 0.838 bits per heavy atom. The van der Waals surface area contributed by atoms with E-state index in [4.69, 9.17) is 0 Å². The van der Waals surface area contributed by atoms with Crippen LogP contribution in [0.4, 0.5) is 5.69 Å². The summed E-state index contributed by atoms with van der Waals surface area (Å²) in [4.78, 5) is 24.3. The van der Waals surface area contributed by atoms with Crippen molar-refractivity contribution in [2.45, 2.75) is 76.9 Å². The van der Waals surface area contributed by atoms with Crippen LogP contribution < -0.4 is 5.32 Å². The molecular weight excluding hydrogens is 482 g/mol. The molecule has 202 valence electrons. The molecule has 0 fully saturated rings. The van der Waals surface area contributed by atoms with E-state index in [1.165, 1.54) is 18.2 Å². The van der Waals surface area contributed by atoms with Crippen molar-refractivity contribution in [3.8, 4) is 5.75 Å². The van der Waals surface area contributed by atoms with Crippen LogP contribution in [0.2, 0.25) is 0 Å². The second kappa shape index (κ2) is 19.2. The number of carboxylic acid groups (broad SMARTS) is 1. The fraction of sp³-hybridized carbons (Fsp3) is 0.419. The van der Waals surface area contributed by atoms with E-state index in [2.05, 4.69) is 73.0 Å². The number of anilines is 1. The SMILES string of the molecule is CCC=CCC=CCC=CCC=CCC=CCCSC(CC)(CC)C(=O)Nc1ccc(O)c(C(=O)O)c1. The van der Waals surface area contributed by atoms with Crippen molar-refractivity contribution >= 4 is 29.3 Å². The number of hydrogen-bond donors (Lipinski definition) is 3. The van der Waals surface area contributed by atoms with Crippen molar-refractivity contribution in [1.29, 1.82) is 0 Å². The summed E-state index contributed by atoms with van der Waals surface area (Å²) >= 11 is 1.63. The predicted molar refractivity (Wildman–Crippen MR) is 159 cm³/mol. The Morgan fingerprint density at radius 3 is 1.84 bits per heavy atom. The van der Waals surface area contributed by atoms with Gasteiger partial charge in [-0.05, 0) is 75.3 Å². The topological polar surface area (TPSA) is 86.6 Å². The molecule has 1 aromatic rings. The predicted octanol–water partition coefficient (Wildman–Crippen LogP) is 8.46. The molecule has 0 spiro atoms. The van der Waals surface area contributed by atoms with Gasteiger partial charge in [0.25, 0.3) is 0 Å². The summed E-state index contributed by atoms with van der Waals surface area (Å²) in [5.41, 5.74) is 0.132. The maximum absolute atomic E-state index is 13.1. The Hall–Kier alpha value is -2.99. The first-order chi connectivity index (χ1) is 17.9. The van der Waals surface area contributed by atoms with Crippen molar-refractivity contribution < 1.29 is 19.8 Å². The molecule has 0 saturated heterocycles. The first kappa shape index (κ1) is 32.0. The second-order valence-electron chi connectivity index (χ2n) is 8.54. The van der Waals surface area contributed by atoms with Gasteiger partial charge in [0.2, 0.25) is 5.91 Å². The lowest BCUT2D eigenvalue weighted by Gasteiger charge is -2.29. The van der Waals surface area contributed by atoms with Crippen molar-refractivity contribution in [1.82, 2.24) is 0 Å². The van der Waals surface area contributed by atoms with Gasteiger partial charge in [-0.3, -0.25) is 4.79 Å². The third-order valence-electron chi connectivity index (χ3n) is 5.86. The zero-order valence-electron chi connectivity index (χ0n) is 22.5. The van der Waals surface area contributed by atoms with Crippen molar-refractivity contribution in [3.05, 3.63) is 84.5 Å². The van der Waals surface area contributed by atoms with Gasteiger partial charge in [-0.15, -0.1) is 11.8 Å². The summed E-state index contributed by atoms with van der Waals surface area (Å²) in [7, 11) is 0. The van der Waals surface area contributed by atoms with Gasteiger partial charge in [0, 0.05) is 5.69 Å². The number of allylic oxidation sites excluding steroid dienone is 10. The molecule has 5 nitrogen and oxygen atoms in total. The molecule has 37 heavy (non-hydrogen) atoms. The summed E-state index contributed by atoms with van der Waals surface area (Å²) in [5.74, 6) is -0.893. The van der Waals surface area contributed by atoms with Gasteiger partial charge < -0.3 is 15.5 Å². The number of thioether (sulfide) groups is 1. The third kappa shape index (κ3) is 12.7. The van der Waals surface area contributed by atoms with Gasteiger partial charge in [-0.25, -0.2) is 4.79 Å². The lowest BCUT2D eigenvalue weighted by Crippen LogP contribution is -2.39. The summed E-state index contributed by atoms with van der Waals surface area (Å²) in [6, 6.07) is 4.08. The minimum Gasteiger partial charge on any atom is -0.507 e. The number of rotatable bonds is 18. The lowest BCUT2D eigenvalue weighted by atomic mass is 10.0. The van der Waals surface area contributed by atoms with Crippen LogP contribution in [0.5, 0.6) is 5.75 Å². The number of aromatic hydroxyl groups is 1. The Morgan fingerprint density at radius 2 is 1.35 bits per heavy atom. The van der Waals surface area contributed by atoms with Crippen LogP contribution in [-0.4, -0.2) is 32.6 Å². The van der Waals surface area contributed by atoms with Crippen LogP contribution in [0.1, 0.15) is 82.5 Å². The summed E-state index contributed by atoms with van der Waals surface area (Å²) in [5, 5.41) is 21.7. The van der Waals surface area contributed by atoms with E-state index in [-0.39, 0.29) is 17.2 Å². The summed E-state index contributed by atoms with van der Waals surface area (Å²) in [6.45, 7) is 6.13. The van der Waals surface area contributed by atoms with E-state index in [0.717, 1.165) is 44.3 Å². The van der Waals surface area contributed by atoms with Gasteiger partial charge in [-0.1, -0.05) is 81.5 Å². The van der Waals surface area contributed by atoms with E-state index in [9.17, 15) is 19.8 Å². The number of hydrogen-bond acceptors (Lipinski definition) is 4. The maximum Gasteiger partial charge on any atom is 0.339 e. The number of benzene rings is 1. The van der Waals surface area contributed by atoms with Crippen LogP contribution in [0.3, 0.4) is 0 Å². The monoisotopic (exact) mass is 525 g/mol. The fourth-order valence-electron chi connectivity index (χ4n) is 3.56. The molecule has 1 aromatic carbocycles. The normalized spacial score (nSPS) is 12.6. The van der Waals surface area contributed by atoms with Crippen LogP contribution >= 0.6 is 11.8 Å². The highest BCUT2D eigenvalue weighted by Gasteiger charge is 2.35. The van der Waals surface area contributed by atoms with E-state index >= 15 is 0 Å². The molecule has 0 radical (unpaired) electrons. The van der Waals surface area contributed by atoms with E-state index in [1.54, 1.807) is 11.8 Å². The highest BCUT2D eigenvalue weighted by atomic mass is 32.2. The van der Waals surface area contributed by atoms with E-state index < -0.39 is 10.7 Å². The average molecular weight is 526 g/mol. The summed E-state index contributed by atoms with van der Waals surface area (Å²) in [6.07, 6.45) is 28.9. The van der Waals surface area contributed by atoms with Gasteiger partial charge in [-0.2, -0.15) is 0 Å². The molecule has 0 aliphatic carbocycles. The molecule has 0 aromatic heterocycles. The Balaban J connectivity index is 2.40. The number of phenols is 1. The highest BCUT2D eigenvalue weighted by Crippen LogP contribution is 2.35. The minimum atomic E-state index is -1.24. The fourth-order valence-corrected chi connectivity index (χ4v) is 4.80. The van der Waals surface area contributed by atoms with Crippen LogP contribution in [-0.2, 0) is 4.79 Å². The summed E-state index contributed by atoms with van der Waals surface area (Å²) < 4.78 is -0.594. The number of carbonyl (C=O) groups excluding carboxylic acids is 1. The van der Waals surface area contributed by atoms with Crippen LogP contribution in [0, 0.1) is 0 Å². The molecule has 0 aliphatic heterocycles. The van der Waals surface area contributed by atoms with Gasteiger partial charge in [0.05, 0.1) is 4.75 Å². The standard InChI is InChI=1S/C31H43NO4S/c1-4-7-8-9-10-11-12-13-14-15-16-17-18-19-20-21-24-37-31(5-2,6-3)30(36)32-26-22-23-28(33)27(25-26)29(34)35/h7-8,10-11,13-14,16-17,19-20,22-23,25,33H,4-6,9,12,15,18,21,24H2,1-3H3,(H,32,36)(H,34,35). The zero-order valence-corrected chi connectivity index (χ0v) is 23.3. The van der Waals surface area contributed by atoms with Gasteiger partial charge >= 0.3 is 5.97 Å². The Bertz CT molecular complexity index is 971. The minimum absolute atomic E-state index is 0.145. The molecule has 6 heteroatoms. The number of carbonyl (C=O) groups is 2. The molecule has 0 bridgehead atoms. The molecule has 0 atom stereocenters. The first-order valence-electron chi connectivity index (χ1n) is 13.2. The molecule has 3 N–H and O–H groups in total. The highest BCUT2D eigenvalue weighted by molar-refractivity contribution is 8.01. The smallest absolute Gasteiger partial charge is 0.339 e. The van der Waals surface area contributed by atoms with Crippen molar-refractivity contribution in [3.63, 3.8) is 0 Å². The second-order valence-corrected chi connectivity index (χ2v) is 10.0. The molecule has 0 aliphatic rings. The quantitative estimate of drug-likeness (QED) is 0.102. The largest absolute Gasteiger partial charge is 0.507 e. The van der Waals surface area contributed by atoms with Gasteiger partial charge in [0.15, 0.2) is 0 Å². The zero-order chi connectivity index (χ0) is 27.4. The molecule has 1 rings (SSSR count). The van der Waals surface area contributed by atoms with Gasteiger partial charge in [0.1, 0.15) is 11.3 Å². The van der Waals surface area contributed by atoms with E-state index in [0.29, 0.717) is 18.5 Å². The molecule has 0 unspecified atom stereocenters. The van der Waals surface area contributed by atoms with Crippen LogP contribution in [0.25, 0.3) is 0 Å². The number of nitrogens with one attached hydrogen (secondary N) is 1. The van der Waals surface area contributed by atoms with Crippen molar-refractivity contribution in [2.24, 2.45) is 0 Å². The Labute approximate surface area is 227 Å². The molecule has 1 amide bonds. The molecular formula is C31H43NO4S. The molecule has 0 saturated carbocycles. The van der Waals surface area contributed by atoms with Crippen molar-refractivity contribution in [2.75, 3.05) is 11.1 Å². The first-order valence-corrected chi connectivity index (χ1v) is 14.1. The maximum atomic E-state index is 13.1.